The molecular weight excluding hydrogens is 378 g/mol. The summed E-state index contributed by atoms with van der Waals surface area (Å²) in [6.07, 6.45) is 2.63. The number of halogens is 1. The van der Waals surface area contributed by atoms with Gasteiger partial charge in [0.15, 0.2) is 10.4 Å². The highest BCUT2D eigenvalue weighted by molar-refractivity contribution is 9.10. The molecule has 0 radical (unpaired) electrons. The number of hydrogen-bond donors (Lipinski definition) is 1. The van der Waals surface area contributed by atoms with E-state index in [4.69, 9.17) is 9.15 Å². The second-order valence-electron chi connectivity index (χ2n) is 6.10. The van der Waals surface area contributed by atoms with Crippen LogP contribution < -0.4 is 5.32 Å². The van der Waals surface area contributed by atoms with E-state index < -0.39 is 0 Å². The maximum absolute atomic E-state index is 12.2. The lowest BCUT2D eigenvalue weighted by Crippen LogP contribution is -2.52. The fourth-order valence-corrected chi connectivity index (χ4v) is 3.35. The fourth-order valence-electron chi connectivity index (χ4n) is 3.05. The van der Waals surface area contributed by atoms with Gasteiger partial charge in [-0.2, -0.15) is 0 Å². The number of ether oxygens (including phenoxy) is 1. The summed E-state index contributed by atoms with van der Waals surface area (Å²) in [5.41, 5.74) is 0. The summed E-state index contributed by atoms with van der Waals surface area (Å²) in [6.45, 7) is 4.89. The van der Waals surface area contributed by atoms with E-state index in [-0.39, 0.29) is 24.1 Å². The van der Waals surface area contributed by atoms with Crippen LogP contribution >= 0.6 is 15.9 Å². The zero-order valence-corrected chi connectivity index (χ0v) is 15.1. The van der Waals surface area contributed by atoms with Crippen molar-refractivity contribution < 1.29 is 18.7 Å². The number of hydrogen-bond acceptors (Lipinski definition) is 5. The van der Waals surface area contributed by atoms with Gasteiger partial charge in [-0.3, -0.25) is 14.5 Å². The number of rotatable bonds is 5. The van der Waals surface area contributed by atoms with Gasteiger partial charge in [0, 0.05) is 39.3 Å². The van der Waals surface area contributed by atoms with Crippen molar-refractivity contribution in [2.75, 3.05) is 45.9 Å². The van der Waals surface area contributed by atoms with E-state index >= 15 is 0 Å². The molecule has 132 valence electrons. The van der Waals surface area contributed by atoms with Crippen LogP contribution in [0.2, 0.25) is 0 Å². The van der Waals surface area contributed by atoms with Gasteiger partial charge in [-0.15, -0.1) is 0 Å². The van der Waals surface area contributed by atoms with E-state index in [0.29, 0.717) is 23.9 Å². The maximum Gasteiger partial charge on any atom is 0.287 e. The smallest absolute Gasteiger partial charge is 0.287 e. The summed E-state index contributed by atoms with van der Waals surface area (Å²) in [7, 11) is 0. The molecule has 2 fully saturated rings. The SMILES string of the molecule is O=C(NCC(=O)N1CCN(CC2CCCO2)CC1)c1ccc(Br)o1. The zero-order chi connectivity index (χ0) is 16.9. The fraction of sp³-hybridized carbons (Fsp3) is 0.625. The largest absolute Gasteiger partial charge is 0.444 e. The second kappa shape index (κ2) is 8.13. The summed E-state index contributed by atoms with van der Waals surface area (Å²) >= 11 is 3.14. The molecule has 7 nitrogen and oxygen atoms in total. The van der Waals surface area contributed by atoms with Crippen molar-refractivity contribution >= 4 is 27.7 Å². The van der Waals surface area contributed by atoms with Crippen LogP contribution in [0.3, 0.4) is 0 Å². The standard InChI is InChI=1S/C16H22BrN3O4/c17-14-4-3-13(24-14)16(22)18-10-15(21)20-7-5-19(6-8-20)11-12-2-1-9-23-12/h3-4,12H,1-2,5-11H2,(H,18,22). The first-order chi connectivity index (χ1) is 11.6. The molecule has 0 aromatic carbocycles. The molecule has 1 N–H and O–H groups in total. The predicted molar refractivity (Wildman–Crippen MR) is 90.7 cm³/mol. The first kappa shape index (κ1) is 17.4. The topological polar surface area (TPSA) is 75.0 Å². The summed E-state index contributed by atoms with van der Waals surface area (Å²) in [5, 5.41) is 2.60. The van der Waals surface area contributed by atoms with Crippen LogP contribution in [0.25, 0.3) is 0 Å². The number of nitrogens with one attached hydrogen (secondary N) is 1. The van der Waals surface area contributed by atoms with Crippen molar-refractivity contribution in [3.8, 4) is 0 Å². The van der Waals surface area contributed by atoms with Gasteiger partial charge in [-0.05, 0) is 40.9 Å². The highest BCUT2D eigenvalue weighted by Crippen LogP contribution is 2.15. The lowest BCUT2D eigenvalue weighted by Gasteiger charge is -2.35. The molecule has 24 heavy (non-hydrogen) atoms. The number of carbonyl (C=O) groups excluding carboxylic acids is 2. The summed E-state index contributed by atoms with van der Waals surface area (Å²) < 4.78 is 11.3. The van der Waals surface area contributed by atoms with Crippen LogP contribution in [0.1, 0.15) is 23.4 Å². The minimum Gasteiger partial charge on any atom is -0.444 e. The summed E-state index contributed by atoms with van der Waals surface area (Å²) in [5.74, 6) is -0.257. The number of furan rings is 1. The summed E-state index contributed by atoms with van der Waals surface area (Å²) in [4.78, 5) is 28.2. The molecule has 2 aliphatic rings. The Balaban J connectivity index is 1.38. The molecule has 0 bridgehead atoms. The molecule has 2 aliphatic heterocycles. The minimum absolute atomic E-state index is 0.0110. The lowest BCUT2D eigenvalue weighted by molar-refractivity contribution is -0.132. The molecule has 0 aliphatic carbocycles. The quantitative estimate of drug-likeness (QED) is 0.801. The van der Waals surface area contributed by atoms with Crippen molar-refractivity contribution in [3.05, 3.63) is 22.6 Å². The van der Waals surface area contributed by atoms with Crippen molar-refractivity contribution in [1.82, 2.24) is 15.1 Å². The van der Waals surface area contributed by atoms with Crippen molar-refractivity contribution in [3.63, 3.8) is 0 Å². The second-order valence-corrected chi connectivity index (χ2v) is 6.88. The Kier molecular flexibility index (Phi) is 5.91. The first-order valence-electron chi connectivity index (χ1n) is 8.27. The van der Waals surface area contributed by atoms with Gasteiger partial charge < -0.3 is 19.4 Å². The molecule has 8 heteroatoms. The highest BCUT2D eigenvalue weighted by Gasteiger charge is 2.25. The molecule has 1 aromatic rings. The molecule has 2 saturated heterocycles. The van der Waals surface area contributed by atoms with E-state index in [1.807, 2.05) is 0 Å². The average molecular weight is 400 g/mol. The van der Waals surface area contributed by atoms with Crippen LogP contribution in [-0.2, 0) is 9.53 Å². The van der Waals surface area contributed by atoms with E-state index in [1.54, 1.807) is 17.0 Å². The summed E-state index contributed by atoms with van der Waals surface area (Å²) in [6, 6.07) is 3.21. The van der Waals surface area contributed by atoms with Crippen LogP contribution in [-0.4, -0.2) is 73.6 Å². The average Bonchev–Trinajstić information content (AvgIpc) is 3.24. The van der Waals surface area contributed by atoms with Gasteiger partial charge in [0.2, 0.25) is 5.91 Å². The Morgan fingerprint density at radius 3 is 2.67 bits per heavy atom. The monoisotopic (exact) mass is 399 g/mol. The highest BCUT2D eigenvalue weighted by atomic mass is 79.9. The minimum atomic E-state index is -0.383. The van der Waals surface area contributed by atoms with Gasteiger partial charge >= 0.3 is 0 Å². The number of amides is 2. The van der Waals surface area contributed by atoms with Crippen LogP contribution in [0.15, 0.2) is 21.2 Å². The molecular formula is C16H22BrN3O4. The number of carbonyl (C=O) groups is 2. The van der Waals surface area contributed by atoms with Gasteiger partial charge in [0.25, 0.3) is 5.91 Å². The molecule has 3 heterocycles. The molecule has 1 unspecified atom stereocenters. The zero-order valence-electron chi connectivity index (χ0n) is 13.5. The molecule has 0 saturated carbocycles. The number of nitrogens with zero attached hydrogens (tertiary/aromatic N) is 2. The van der Waals surface area contributed by atoms with Crippen molar-refractivity contribution in [1.29, 1.82) is 0 Å². The molecule has 1 aromatic heterocycles. The van der Waals surface area contributed by atoms with Crippen LogP contribution in [0, 0.1) is 0 Å². The van der Waals surface area contributed by atoms with E-state index in [0.717, 1.165) is 39.1 Å². The van der Waals surface area contributed by atoms with Crippen molar-refractivity contribution in [2.45, 2.75) is 18.9 Å². The Labute approximate surface area is 149 Å². The van der Waals surface area contributed by atoms with Crippen molar-refractivity contribution in [2.24, 2.45) is 0 Å². The van der Waals surface area contributed by atoms with E-state index in [2.05, 4.69) is 26.1 Å². The third-order valence-electron chi connectivity index (χ3n) is 4.41. The number of piperazine rings is 1. The van der Waals surface area contributed by atoms with Gasteiger partial charge in [0.1, 0.15) is 0 Å². The molecule has 2 amide bonds. The molecule has 1 atom stereocenters. The van der Waals surface area contributed by atoms with Gasteiger partial charge in [-0.25, -0.2) is 0 Å². The molecule has 3 rings (SSSR count). The Morgan fingerprint density at radius 2 is 2.04 bits per heavy atom. The van der Waals surface area contributed by atoms with E-state index in [9.17, 15) is 9.59 Å². The van der Waals surface area contributed by atoms with E-state index in [1.165, 1.54) is 0 Å². The third kappa shape index (κ3) is 4.58. The Bertz CT molecular complexity index is 578. The maximum atomic E-state index is 12.2. The first-order valence-corrected chi connectivity index (χ1v) is 9.06. The van der Waals surface area contributed by atoms with Gasteiger partial charge in [-0.1, -0.05) is 0 Å². The Morgan fingerprint density at radius 1 is 1.25 bits per heavy atom. The normalized spacial score (nSPS) is 21.9. The Hall–Kier alpha value is -1.38. The van der Waals surface area contributed by atoms with Crippen LogP contribution in [0.5, 0.6) is 0 Å². The lowest BCUT2D eigenvalue weighted by atomic mass is 10.2. The van der Waals surface area contributed by atoms with Crippen LogP contribution in [0.4, 0.5) is 0 Å². The predicted octanol–water partition coefficient (Wildman–Crippen LogP) is 1.10. The molecule has 0 spiro atoms. The van der Waals surface area contributed by atoms with Gasteiger partial charge in [0.05, 0.1) is 12.6 Å². The third-order valence-corrected chi connectivity index (χ3v) is 4.83.